The Bertz CT molecular complexity index is 1580. The number of nitrogens with zero attached hydrogens (tertiary/aromatic N) is 1. The third-order valence-electron chi connectivity index (χ3n) is 7.18. The van der Waals surface area contributed by atoms with Gasteiger partial charge < -0.3 is 24.4 Å². The topological polar surface area (TPSA) is 77.1 Å². The van der Waals surface area contributed by atoms with Gasteiger partial charge in [0.25, 0.3) is 5.91 Å². The van der Waals surface area contributed by atoms with Crippen molar-refractivity contribution in [1.29, 1.82) is 0 Å². The number of anilines is 1. The van der Waals surface area contributed by atoms with E-state index in [4.69, 9.17) is 25.8 Å². The zero-order valence-electron chi connectivity index (χ0n) is 22.7. The molecule has 0 spiro atoms. The van der Waals surface area contributed by atoms with Gasteiger partial charge in [0.1, 0.15) is 23.1 Å². The average Bonchev–Trinajstić information content (AvgIpc) is 2.99. The molecule has 41 heavy (non-hydrogen) atoms. The maximum absolute atomic E-state index is 14.3. The minimum Gasteiger partial charge on any atom is -0.497 e. The fourth-order valence-corrected chi connectivity index (χ4v) is 5.42. The second kappa shape index (κ2) is 11.9. The van der Waals surface area contributed by atoms with Gasteiger partial charge in [-0.25, -0.2) is 4.39 Å². The van der Waals surface area contributed by atoms with Crippen LogP contribution in [0, 0.1) is 5.82 Å². The van der Waals surface area contributed by atoms with Crippen LogP contribution in [0.25, 0.3) is 0 Å². The third-order valence-corrected chi connectivity index (χ3v) is 7.47. The molecule has 4 aromatic carbocycles. The van der Waals surface area contributed by atoms with Gasteiger partial charge in [-0.05, 0) is 53.1 Å². The predicted octanol–water partition coefficient (Wildman–Crippen LogP) is 6.62. The van der Waals surface area contributed by atoms with Gasteiger partial charge in [0.2, 0.25) is 5.91 Å². The number of carbonyl (C=O) groups is 2. The predicted molar refractivity (Wildman–Crippen MR) is 154 cm³/mol. The highest BCUT2D eigenvalue weighted by atomic mass is 35.5. The molecule has 0 radical (unpaired) electrons. The molecule has 2 amide bonds. The summed E-state index contributed by atoms with van der Waals surface area (Å²) in [5.41, 5.74) is 2.82. The van der Waals surface area contributed by atoms with Crippen molar-refractivity contribution in [2.24, 2.45) is 0 Å². The summed E-state index contributed by atoms with van der Waals surface area (Å²) in [6.45, 7) is 0.158. The van der Waals surface area contributed by atoms with E-state index in [1.54, 1.807) is 72.7 Å². The van der Waals surface area contributed by atoms with E-state index in [1.807, 2.05) is 12.1 Å². The van der Waals surface area contributed by atoms with Gasteiger partial charge in [-0.1, -0.05) is 54.1 Å². The highest BCUT2D eigenvalue weighted by Gasteiger charge is 2.44. The smallest absolute Gasteiger partial charge is 0.255 e. The highest BCUT2D eigenvalue weighted by Crippen LogP contribution is 2.45. The molecule has 210 valence electrons. The van der Waals surface area contributed by atoms with Crippen LogP contribution < -0.4 is 19.5 Å². The SMILES string of the molecule is COc1ccc([C@@H]2[C@@H](C(=O)Nc3cc(Cl)c(OC)cc3OC)c3ccccc3C(=O)N2Cc2ccc(F)cc2)cc1. The molecule has 1 aliphatic heterocycles. The zero-order chi connectivity index (χ0) is 29.1. The Kier molecular flexibility index (Phi) is 8.12. The number of halogens is 2. The Morgan fingerprint density at radius 2 is 1.59 bits per heavy atom. The quantitative estimate of drug-likeness (QED) is 0.256. The Labute approximate surface area is 242 Å². The third kappa shape index (κ3) is 5.56. The number of nitrogens with one attached hydrogen (secondary N) is 1. The monoisotopic (exact) mass is 574 g/mol. The molecule has 7 nitrogen and oxygen atoms in total. The lowest BCUT2D eigenvalue weighted by atomic mass is 9.79. The molecule has 1 heterocycles. The van der Waals surface area contributed by atoms with Gasteiger partial charge in [0.15, 0.2) is 0 Å². The average molecular weight is 575 g/mol. The number of fused-ring (bicyclic) bond motifs is 1. The van der Waals surface area contributed by atoms with Crippen LogP contribution >= 0.6 is 11.6 Å². The standard InChI is InChI=1S/C32H28ClFN2O5/c1-39-22-14-10-20(11-15-22)30-29(31(37)35-26-16-25(33)27(40-2)17-28(26)41-3)23-6-4-5-7-24(23)32(38)36(30)18-19-8-12-21(34)13-9-19/h4-17,29-30H,18H2,1-3H3,(H,35,37)/t29-,30+/m0/s1. The van der Waals surface area contributed by atoms with Crippen LogP contribution in [0.3, 0.4) is 0 Å². The first kappa shape index (κ1) is 28.0. The molecule has 0 aliphatic carbocycles. The summed E-state index contributed by atoms with van der Waals surface area (Å²) in [5.74, 6) is -0.390. The van der Waals surface area contributed by atoms with Gasteiger partial charge in [-0.3, -0.25) is 9.59 Å². The number of amides is 2. The Morgan fingerprint density at radius 3 is 2.24 bits per heavy atom. The van der Waals surface area contributed by atoms with Crippen molar-refractivity contribution in [2.75, 3.05) is 26.6 Å². The lowest BCUT2D eigenvalue weighted by Crippen LogP contribution is -2.45. The number of benzene rings is 4. The summed E-state index contributed by atoms with van der Waals surface area (Å²) in [6.07, 6.45) is 0. The Morgan fingerprint density at radius 1 is 0.902 bits per heavy atom. The van der Waals surface area contributed by atoms with Crippen LogP contribution in [0.4, 0.5) is 10.1 Å². The number of carbonyl (C=O) groups excluding carboxylic acids is 2. The van der Waals surface area contributed by atoms with Crippen molar-refractivity contribution in [3.8, 4) is 17.2 Å². The normalized spacial score (nSPS) is 16.1. The van der Waals surface area contributed by atoms with Crippen LogP contribution in [-0.4, -0.2) is 38.0 Å². The molecule has 0 fully saturated rings. The van der Waals surface area contributed by atoms with E-state index in [1.165, 1.54) is 26.4 Å². The maximum atomic E-state index is 14.3. The second-order valence-corrected chi connectivity index (χ2v) is 9.93. The molecule has 1 N–H and O–H groups in total. The lowest BCUT2D eigenvalue weighted by molar-refractivity contribution is -0.119. The van der Waals surface area contributed by atoms with Gasteiger partial charge in [0.05, 0.1) is 44.0 Å². The molecule has 0 bridgehead atoms. The van der Waals surface area contributed by atoms with Crippen LogP contribution in [0.1, 0.15) is 39.0 Å². The number of methoxy groups -OCH3 is 3. The molecule has 0 saturated heterocycles. The number of hydrogen-bond donors (Lipinski definition) is 1. The van der Waals surface area contributed by atoms with Gasteiger partial charge >= 0.3 is 0 Å². The number of hydrogen-bond acceptors (Lipinski definition) is 5. The molecule has 2 atom stereocenters. The van der Waals surface area contributed by atoms with Crippen molar-refractivity contribution < 1.29 is 28.2 Å². The zero-order valence-corrected chi connectivity index (χ0v) is 23.4. The molecule has 1 aliphatic rings. The summed E-state index contributed by atoms with van der Waals surface area (Å²) in [6, 6.07) is 22.8. The highest BCUT2D eigenvalue weighted by molar-refractivity contribution is 6.32. The van der Waals surface area contributed by atoms with E-state index in [9.17, 15) is 14.0 Å². The van der Waals surface area contributed by atoms with Crippen molar-refractivity contribution in [2.45, 2.75) is 18.5 Å². The molecule has 0 unspecified atom stereocenters. The lowest BCUT2D eigenvalue weighted by Gasteiger charge is -2.42. The summed E-state index contributed by atoms with van der Waals surface area (Å²) in [4.78, 5) is 29.9. The van der Waals surface area contributed by atoms with Crippen LogP contribution in [-0.2, 0) is 11.3 Å². The number of rotatable bonds is 8. The summed E-state index contributed by atoms with van der Waals surface area (Å²) in [7, 11) is 4.54. The van der Waals surface area contributed by atoms with Crippen molar-refractivity contribution in [1.82, 2.24) is 4.90 Å². The van der Waals surface area contributed by atoms with Gasteiger partial charge in [-0.2, -0.15) is 0 Å². The fraction of sp³-hybridized carbons (Fsp3) is 0.188. The number of ether oxygens (including phenoxy) is 3. The largest absolute Gasteiger partial charge is 0.497 e. The fourth-order valence-electron chi connectivity index (χ4n) is 5.18. The minimum atomic E-state index is -0.816. The maximum Gasteiger partial charge on any atom is 0.255 e. The molecule has 5 rings (SSSR count). The van der Waals surface area contributed by atoms with Crippen LogP contribution in [0.15, 0.2) is 84.9 Å². The van der Waals surface area contributed by atoms with E-state index in [0.29, 0.717) is 39.1 Å². The summed E-state index contributed by atoms with van der Waals surface area (Å²) in [5, 5.41) is 3.28. The van der Waals surface area contributed by atoms with E-state index in [2.05, 4.69) is 5.32 Å². The minimum absolute atomic E-state index is 0.158. The molecule has 9 heteroatoms. The van der Waals surface area contributed by atoms with Crippen molar-refractivity contribution >= 4 is 29.1 Å². The van der Waals surface area contributed by atoms with E-state index >= 15 is 0 Å². The van der Waals surface area contributed by atoms with E-state index in [0.717, 1.165) is 11.1 Å². The molecule has 0 saturated carbocycles. The first-order chi connectivity index (χ1) is 19.8. The molecular weight excluding hydrogens is 547 g/mol. The summed E-state index contributed by atoms with van der Waals surface area (Å²) < 4.78 is 29.8. The van der Waals surface area contributed by atoms with E-state index < -0.39 is 12.0 Å². The van der Waals surface area contributed by atoms with Crippen molar-refractivity contribution in [3.05, 3.63) is 118 Å². The first-order valence-corrected chi connectivity index (χ1v) is 13.2. The van der Waals surface area contributed by atoms with Crippen LogP contribution in [0.5, 0.6) is 17.2 Å². The van der Waals surface area contributed by atoms with Gasteiger partial charge in [-0.15, -0.1) is 0 Å². The Balaban J connectivity index is 1.64. The first-order valence-electron chi connectivity index (χ1n) is 12.8. The second-order valence-electron chi connectivity index (χ2n) is 9.52. The molecule has 4 aromatic rings. The molecular formula is C32H28ClFN2O5. The van der Waals surface area contributed by atoms with Crippen LogP contribution in [0.2, 0.25) is 5.02 Å². The Hall–Kier alpha value is -4.56. The molecule has 0 aromatic heterocycles. The van der Waals surface area contributed by atoms with Crippen molar-refractivity contribution in [3.63, 3.8) is 0 Å². The summed E-state index contributed by atoms with van der Waals surface area (Å²) >= 11 is 6.38. The van der Waals surface area contributed by atoms with E-state index in [-0.39, 0.29) is 24.2 Å². The van der Waals surface area contributed by atoms with Gasteiger partial charge in [0, 0.05) is 18.2 Å².